The first kappa shape index (κ1) is 22.3. The van der Waals surface area contributed by atoms with Gasteiger partial charge in [-0.1, -0.05) is 54.1 Å². The number of para-hydroxylation sites is 1. The maximum absolute atomic E-state index is 13.6. The van der Waals surface area contributed by atoms with Gasteiger partial charge in [0.1, 0.15) is 0 Å². The number of fused-ring (bicyclic) bond motifs is 1. The van der Waals surface area contributed by atoms with Gasteiger partial charge >= 0.3 is 0 Å². The summed E-state index contributed by atoms with van der Waals surface area (Å²) in [6.45, 7) is 7.97. The van der Waals surface area contributed by atoms with Crippen LogP contribution < -0.4 is 4.90 Å². The van der Waals surface area contributed by atoms with Crippen LogP contribution in [0.5, 0.6) is 0 Å². The fraction of sp³-hybridized carbons (Fsp3) is 0.259. The van der Waals surface area contributed by atoms with Crippen molar-refractivity contribution in [3.8, 4) is 0 Å². The molecule has 0 saturated heterocycles. The number of carbonyl (C=O) groups is 2. The molecule has 0 unspecified atom stereocenters. The second kappa shape index (κ2) is 8.19. The molecule has 5 heteroatoms. The molecule has 0 radical (unpaired) electrons. The zero-order valence-corrected chi connectivity index (χ0v) is 19.5. The van der Waals surface area contributed by atoms with E-state index in [1.165, 1.54) is 4.90 Å². The molecule has 3 aromatic rings. The second-order valence-corrected chi connectivity index (χ2v) is 9.00. The van der Waals surface area contributed by atoms with E-state index >= 15 is 0 Å². The fourth-order valence-electron chi connectivity index (χ4n) is 4.59. The Labute approximate surface area is 193 Å². The number of carbonyl (C=O) groups excluding carboxylic acids is 2. The van der Waals surface area contributed by atoms with Crippen molar-refractivity contribution in [1.29, 1.82) is 0 Å². The monoisotopic (exact) mass is 447 g/mol. The fourth-order valence-corrected chi connectivity index (χ4v) is 4.78. The smallest absolute Gasteiger partial charge is 0.264 e. The summed E-state index contributed by atoms with van der Waals surface area (Å²) in [6.07, 6.45) is -0.313. The number of aliphatic hydroxyl groups is 1. The van der Waals surface area contributed by atoms with Crippen molar-refractivity contribution in [3.63, 3.8) is 0 Å². The maximum atomic E-state index is 13.6. The van der Waals surface area contributed by atoms with Gasteiger partial charge in [-0.25, -0.2) is 0 Å². The molecule has 0 fully saturated rings. The molecule has 1 heterocycles. The van der Waals surface area contributed by atoms with Crippen molar-refractivity contribution >= 4 is 29.0 Å². The Balaban J connectivity index is 1.74. The number of hydrogen-bond acceptors (Lipinski definition) is 3. The summed E-state index contributed by atoms with van der Waals surface area (Å²) in [5.74, 6) is -0.747. The van der Waals surface area contributed by atoms with Gasteiger partial charge in [0.15, 0.2) is 11.4 Å². The summed E-state index contributed by atoms with van der Waals surface area (Å²) in [5, 5.41) is 12.2. The summed E-state index contributed by atoms with van der Waals surface area (Å²) in [5.41, 5.74) is 4.28. The van der Waals surface area contributed by atoms with E-state index < -0.39 is 11.5 Å². The molecule has 164 valence electrons. The highest BCUT2D eigenvalue weighted by Gasteiger charge is 2.51. The van der Waals surface area contributed by atoms with Crippen molar-refractivity contribution in [2.24, 2.45) is 0 Å². The predicted molar refractivity (Wildman–Crippen MR) is 127 cm³/mol. The van der Waals surface area contributed by atoms with Gasteiger partial charge < -0.3 is 10.0 Å². The molecule has 0 aliphatic carbocycles. The van der Waals surface area contributed by atoms with E-state index in [-0.39, 0.29) is 18.7 Å². The Hall–Kier alpha value is -2.95. The van der Waals surface area contributed by atoms with Gasteiger partial charge in [-0.15, -0.1) is 0 Å². The third kappa shape index (κ3) is 3.54. The van der Waals surface area contributed by atoms with E-state index in [0.29, 0.717) is 21.8 Å². The van der Waals surface area contributed by atoms with Gasteiger partial charge in [-0.05, 0) is 67.6 Å². The van der Waals surface area contributed by atoms with Crippen molar-refractivity contribution in [2.75, 3.05) is 4.90 Å². The molecule has 32 heavy (non-hydrogen) atoms. The lowest BCUT2D eigenvalue weighted by atomic mass is 9.84. The molecule has 0 aromatic heterocycles. The quantitative estimate of drug-likeness (QED) is 0.519. The lowest BCUT2D eigenvalue weighted by Crippen LogP contribution is -2.41. The highest BCUT2D eigenvalue weighted by Crippen LogP contribution is 2.44. The zero-order valence-electron chi connectivity index (χ0n) is 18.7. The number of nitrogens with zero attached hydrogens (tertiary/aromatic N) is 1. The Kier molecular flexibility index (Phi) is 5.70. The molecular formula is C27H26ClNO3. The molecule has 0 saturated carbocycles. The molecule has 1 aliphatic rings. The predicted octanol–water partition coefficient (Wildman–Crippen LogP) is 5.58. The summed E-state index contributed by atoms with van der Waals surface area (Å²) in [4.78, 5) is 28.5. The first-order chi connectivity index (χ1) is 15.1. The largest absolute Gasteiger partial charge is 0.375 e. The van der Waals surface area contributed by atoms with Crippen LogP contribution in [0.15, 0.2) is 54.6 Å². The Morgan fingerprint density at radius 1 is 0.969 bits per heavy atom. The van der Waals surface area contributed by atoms with Gasteiger partial charge in [0, 0.05) is 16.1 Å². The number of anilines is 1. The average molecular weight is 448 g/mol. The normalized spacial score (nSPS) is 17.6. The third-order valence-corrected chi connectivity index (χ3v) is 6.96. The van der Waals surface area contributed by atoms with Crippen LogP contribution in [-0.2, 0) is 16.9 Å². The SMILES string of the molecule is Cc1cc(C)c(C)c(C(=O)C[C@]2(O)C(=O)N(Cc3ccccc3Cl)c3ccccc32)c1C. The number of rotatable bonds is 5. The molecule has 3 aromatic carbocycles. The van der Waals surface area contributed by atoms with Crippen LogP contribution in [0.1, 0.15) is 50.2 Å². The molecule has 1 aliphatic heterocycles. The van der Waals surface area contributed by atoms with E-state index in [0.717, 1.165) is 27.8 Å². The molecule has 4 nitrogen and oxygen atoms in total. The number of aryl methyl sites for hydroxylation is 2. The van der Waals surface area contributed by atoms with E-state index in [4.69, 9.17) is 11.6 Å². The van der Waals surface area contributed by atoms with Crippen LogP contribution in [0.3, 0.4) is 0 Å². The molecule has 1 N–H and O–H groups in total. The highest BCUT2D eigenvalue weighted by atomic mass is 35.5. The lowest BCUT2D eigenvalue weighted by molar-refractivity contribution is -0.136. The van der Waals surface area contributed by atoms with Crippen LogP contribution >= 0.6 is 11.6 Å². The summed E-state index contributed by atoms with van der Waals surface area (Å²) < 4.78 is 0. The Bertz CT molecular complexity index is 1220. The average Bonchev–Trinajstić information content (AvgIpc) is 2.96. The van der Waals surface area contributed by atoms with Gasteiger partial charge in [-0.3, -0.25) is 9.59 Å². The number of benzene rings is 3. The van der Waals surface area contributed by atoms with Crippen LogP contribution in [-0.4, -0.2) is 16.8 Å². The van der Waals surface area contributed by atoms with Crippen LogP contribution in [0.2, 0.25) is 5.02 Å². The van der Waals surface area contributed by atoms with Crippen LogP contribution in [0.25, 0.3) is 0 Å². The van der Waals surface area contributed by atoms with Gasteiger partial charge in [-0.2, -0.15) is 0 Å². The number of halogens is 1. The van der Waals surface area contributed by atoms with Crippen molar-refractivity contribution in [1.82, 2.24) is 0 Å². The third-order valence-electron chi connectivity index (χ3n) is 6.59. The van der Waals surface area contributed by atoms with Crippen LogP contribution in [0, 0.1) is 27.7 Å². The van der Waals surface area contributed by atoms with E-state index in [2.05, 4.69) is 6.07 Å². The summed E-state index contributed by atoms with van der Waals surface area (Å²) in [7, 11) is 0. The highest BCUT2D eigenvalue weighted by molar-refractivity contribution is 6.31. The van der Waals surface area contributed by atoms with E-state index in [9.17, 15) is 14.7 Å². The minimum absolute atomic E-state index is 0.216. The molecule has 4 rings (SSSR count). The first-order valence-corrected chi connectivity index (χ1v) is 11.0. The first-order valence-electron chi connectivity index (χ1n) is 10.6. The number of ketones is 1. The lowest BCUT2D eigenvalue weighted by Gasteiger charge is -2.24. The molecule has 1 amide bonds. The molecular weight excluding hydrogens is 422 g/mol. The van der Waals surface area contributed by atoms with Crippen molar-refractivity contribution in [3.05, 3.63) is 98.6 Å². The molecule has 0 bridgehead atoms. The standard InChI is InChI=1S/C27H26ClNO3/c1-16-13-17(2)19(4)25(18(16)3)24(30)14-27(32)21-10-6-8-12-23(21)29(26(27)31)15-20-9-5-7-11-22(20)28/h5-13,32H,14-15H2,1-4H3/t27-/m1/s1. The van der Waals surface area contributed by atoms with Gasteiger partial charge in [0.05, 0.1) is 18.7 Å². The Morgan fingerprint density at radius 2 is 1.56 bits per heavy atom. The summed E-state index contributed by atoms with van der Waals surface area (Å²) >= 11 is 6.32. The number of amides is 1. The maximum Gasteiger partial charge on any atom is 0.264 e. The number of hydrogen-bond donors (Lipinski definition) is 1. The molecule has 0 spiro atoms. The van der Waals surface area contributed by atoms with E-state index in [1.807, 2.05) is 52.0 Å². The number of Topliss-reactive ketones (excluding diaryl/α,β-unsaturated/α-hetero) is 1. The molecule has 1 atom stereocenters. The van der Waals surface area contributed by atoms with Crippen molar-refractivity contribution in [2.45, 2.75) is 46.3 Å². The van der Waals surface area contributed by atoms with Gasteiger partial charge in [0.25, 0.3) is 5.91 Å². The second-order valence-electron chi connectivity index (χ2n) is 8.60. The minimum Gasteiger partial charge on any atom is -0.375 e. The Morgan fingerprint density at radius 3 is 2.22 bits per heavy atom. The van der Waals surface area contributed by atoms with Gasteiger partial charge in [0.2, 0.25) is 0 Å². The topological polar surface area (TPSA) is 57.6 Å². The summed E-state index contributed by atoms with van der Waals surface area (Å²) in [6, 6.07) is 16.5. The zero-order chi connectivity index (χ0) is 23.2. The van der Waals surface area contributed by atoms with Crippen LogP contribution in [0.4, 0.5) is 5.69 Å². The minimum atomic E-state index is -1.93. The van der Waals surface area contributed by atoms with E-state index in [1.54, 1.807) is 24.3 Å². The van der Waals surface area contributed by atoms with Crippen molar-refractivity contribution < 1.29 is 14.7 Å².